The average Bonchev–Trinajstić information content (AvgIpc) is 2.02. The standard InChI is InChI=1S/C8H9O3P.Co/c9-12(10,11)7-6-8-4-2-1-3-5-8;/h1-7H,(H2,9,10,11);/q;+2/p-2. The third-order valence-electron chi connectivity index (χ3n) is 1.25. The van der Waals surface area contributed by atoms with Gasteiger partial charge in [0.1, 0.15) is 0 Å². The van der Waals surface area contributed by atoms with Gasteiger partial charge in [-0.1, -0.05) is 42.2 Å². The van der Waals surface area contributed by atoms with Crippen molar-refractivity contribution < 1.29 is 31.1 Å². The molecule has 1 rings (SSSR count). The van der Waals surface area contributed by atoms with E-state index in [1.165, 1.54) is 6.08 Å². The Bertz CT molecular complexity index is 317. The van der Waals surface area contributed by atoms with E-state index < -0.39 is 7.60 Å². The summed E-state index contributed by atoms with van der Waals surface area (Å²) in [6.07, 6.45) is 1.28. The average molecular weight is 241 g/mol. The SMILES string of the molecule is O=P([O-])([O-])C=Cc1ccccc1.[Co+2]. The molecule has 1 aromatic carbocycles. The predicted molar refractivity (Wildman–Crippen MR) is 43.1 cm³/mol. The second kappa shape index (κ2) is 5.37. The zero-order valence-electron chi connectivity index (χ0n) is 6.55. The molecule has 0 atom stereocenters. The normalized spacial score (nSPS) is 11.2. The van der Waals surface area contributed by atoms with Gasteiger partial charge in [0.15, 0.2) is 0 Å². The molecule has 0 heterocycles. The third-order valence-corrected chi connectivity index (χ3v) is 1.76. The Hall–Kier alpha value is -0.384. The summed E-state index contributed by atoms with van der Waals surface area (Å²) < 4.78 is 10.2. The monoisotopic (exact) mass is 241 g/mol. The van der Waals surface area contributed by atoms with Gasteiger partial charge in [-0.2, -0.15) is 0 Å². The van der Waals surface area contributed by atoms with Crippen LogP contribution in [0.15, 0.2) is 36.1 Å². The maximum absolute atomic E-state index is 10.2. The molecular formula is C8H7CoO3P. The Balaban J connectivity index is 0.00000144. The summed E-state index contributed by atoms with van der Waals surface area (Å²) in [6, 6.07) is 8.77. The van der Waals surface area contributed by atoms with E-state index >= 15 is 0 Å². The largest absolute Gasteiger partial charge is 2.00 e. The molecule has 0 bridgehead atoms. The van der Waals surface area contributed by atoms with Gasteiger partial charge in [-0.25, -0.2) is 0 Å². The molecule has 0 amide bonds. The van der Waals surface area contributed by atoms with E-state index in [9.17, 15) is 14.4 Å². The van der Waals surface area contributed by atoms with Crippen molar-refractivity contribution >= 4 is 13.7 Å². The minimum absolute atomic E-state index is 0. The van der Waals surface area contributed by atoms with E-state index in [0.717, 1.165) is 0 Å². The molecule has 0 aliphatic carbocycles. The summed E-state index contributed by atoms with van der Waals surface area (Å²) in [5.41, 5.74) is 0.699. The molecule has 0 aliphatic rings. The van der Waals surface area contributed by atoms with E-state index in [4.69, 9.17) is 0 Å². The van der Waals surface area contributed by atoms with Gasteiger partial charge in [-0.3, -0.25) is 0 Å². The van der Waals surface area contributed by atoms with Crippen LogP contribution in [0, 0.1) is 0 Å². The maximum atomic E-state index is 10.2. The third kappa shape index (κ3) is 5.79. The van der Waals surface area contributed by atoms with E-state index in [-0.39, 0.29) is 16.8 Å². The van der Waals surface area contributed by atoms with Gasteiger partial charge in [0.2, 0.25) is 0 Å². The quantitative estimate of drug-likeness (QED) is 0.711. The van der Waals surface area contributed by atoms with Crippen LogP contribution in [-0.2, 0) is 21.3 Å². The summed E-state index contributed by atoms with van der Waals surface area (Å²) in [7, 11) is -4.51. The van der Waals surface area contributed by atoms with Crippen LogP contribution in [0.3, 0.4) is 0 Å². The van der Waals surface area contributed by atoms with Crippen molar-refractivity contribution in [1.82, 2.24) is 0 Å². The van der Waals surface area contributed by atoms with Crippen LogP contribution in [0.2, 0.25) is 0 Å². The van der Waals surface area contributed by atoms with Crippen molar-refractivity contribution in [3.8, 4) is 0 Å². The Morgan fingerprint density at radius 2 is 1.69 bits per heavy atom. The summed E-state index contributed by atoms with van der Waals surface area (Å²) in [5.74, 6) is 0.669. The molecule has 0 aliphatic heterocycles. The first-order chi connectivity index (χ1) is 5.58. The second-order valence-electron chi connectivity index (χ2n) is 2.27. The first-order valence-electron chi connectivity index (χ1n) is 3.34. The van der Waals surface area contributed by atoms with Crippen molar-refractivity contribution in [2.45, 2.75) is 0 Å². The van der Waals surface area contributed by atoms with E-state index in [2.05, 4.69) is 0 Å². The van der Waals surface area contributed by atoms with Crippen molar-refractivity contribution in [1.29, 1.82) is 0 Å². The molecule has 71 valence electrons. The topological polar surface area (TPSA) is 63.2 Å². The molecule has 0 aromatic heterocycles. The van der Waals surface area contributed by atoms with Gasteiger partial charge >= 0.3 is 16.8 Å². The first kappa shape index (κ1) is 12.6. The van der Waals surface area contributed by atoms with Gasteiger partial charge in [0.05, 0.1) is 0 Å². The Labute approximate surface area is 86.8 Å². The molecule has 1 radical (unpaired) electrons. The number of hydrogen-bond donors (Lipinski definition) is 0. The zero-order chi connectivity index (χ0) is 9.03. The molecule has 0 N–H and O–H groups in total. The van der Waals surface area contributed by atoms with Crippen LogP contribution in [0.4, 0.5) is 0 Å². The Morgan fingerprint density at radius 1 is 1.15 bits per heavy atom. The van der Waals surface area contributed by atoms with Crippen molar-refractivity contribution in [3.05, 3.63) is 41.7 Å². The van der Waals surface area contributed by atoms with Crippen LogP contribution in [0.5, 0.6) is 0 Å². The molecule has 0 unspecified atom stereocenters. The Morgan fingerprint density at radius 3 is 2.15 bits per heavy atom. The zero-order valence-corrected chi connectivity index (χ0v) is 8.48. The summed E-state index contributed by atoms with van der Waals surface area (Å²) in [4.78, 5) is 20.4. The molecule has 13 heavy (non-hydrogen) atoms. The summed E-state index contributed by atoms with van der Waals surface area (Å²) in [5, 5.41) is 0. The number of rotatable bonds is 2. The van der Waals surface area contributed by atoms with Crippen LogP contribution in [0.25, 0.3) is 6.08 Å². The first-order valence-corrected chi connectivity index (χ1v) is 4.95. The minimum atomic E-state index is -4.51. The maximum Gasteiger partial charge on any atom is 2.00 e. The van der Waals surface area contributed by atoms with Crippen molar-refractivity contribution in [3.63, 3.8) is 0 Å². The molecule has 5 heteroatoms. The fourth-order valence-corrected chi connectivity index (χ4v) is 1.10. The molecule has 0 spiro atoms. The second-order valence-corrected chi connectivity index (χ2v) is 3.64. The van der Waals surface area contributed by atoms with Gasteiger partial charge in [0.25, 0.3) is 0 Å². The Kier molecular flexibility index (Phi) is 5.21. The molecule has 3 nitrogen and oxygen atoms in total. The summed E-state index contributed by atoms with van der Waals surface area (Å²) in [6.45, 7) is 0. The van der Waals surface area contributed by atoms with Gasteiger partial charge in [0, 0.05) is 0 Å². The smallest absolute Gasteiger partial charge is 0.808 e. The predicted octanol–water partition coefficient (Wildman–Crippen LogP) is 0.568. The molecular weight excluding hydrogens is 234 g/mol. The molecule has 0 saturated carbocycles. The van der Waals surface area contributed by atoms with Crippen LogP contribution in [0.1, 0.15) is 5.56 Å². The van der Waals surface area contributed by atoms with Crippen LogP contribution >= 0.6 is 7.60 Å². The molecule has 0 saturated heterocycles. The van der Waals surface area contributed by atoms with Crippen LogP contribution < -0.4 is 9.79 Å². The summed E-state index contributed by atoms with van der Waals surface area (Å²) >= 11 is 0. The van der Waals surface area contributed by atoms with E-state index in [1.54, 1.807) is 24.3 Å². The van der Waals surface area contributed by atoms with E-state index in [0.29, 0.717) is 11.4 Å². The van der Waals surface area contributed by atoms with Crippen molar-refractivity contribution in [2.75, 3.05) is 0 Å². The van der Waals surface area contributed by atoms with Crippen molar-refractivity contribution in [2.24, 2.45) is 0 Å². The number of benzene rings is 1. The van der Waals surface area contributed by atoms with Gasteiger partial charge < -0.3 is 14.4 Å². The molecule has 1 aromatic rings. The van der Waals surface area contributed by atoms with Crippen LogP contribution in [-0.4, -0.2) is 0 Å². The van der Waals surface area contributed by atoms with Gasteiger partial charge in [-0.15, -0.1) is 0 Å². The molecule has 0 fully saturated rings. The fourth-order valence-electron chi connectivity index (χ4n) is 0.742. The van der Waals surface area contributed by atoms with E-state index in [1.807, 2.05) is 6.07 Å². The van der Waals surface area contributed by atoms with Gasteiger partial charge in [-0.05, 0) is 13.2 Å². The minimum Gasteiger partial charge on any atom is -0.808 e. The number of hydrogen-bond acceptors (Lipinski definition) is 3. The fraction of sp³-hybridized carbons (Fsp3) is 0.